The monoisotopic (exact) mass is 531 g/mol. The molecule has 38 heavy (non-hydrogen) atoms. The van der Waals surface area contributed by atoms with Crippen molar-refractivity contribution in [2.75, 3.05) is 18.5 Å². The van der Waals surface area contributed by atoms with E-state index in [1.165, 1.54) is 0 Å². The summed E-state index contributed by atoms with van der Waals surface area (Å²) in [5.41, 5.74) is 6.63. The molecule has 3 aromatic rings. The molecule has 1 aliphatic rings. The van der Waals surface area contributed by atoms with Crippen LogP contribution in [0.1, 0.15) is 45.4 Å². The van der Waals surface area contributed by atoms with E-state index >= 15 is 0 Å². The number of aromatic nitrogens is 1. The Morgan fingerprint density at radius 2 is 1.68 bits per heavy atom. The van der Waals surface area contributed by atoms with Crippen LogP contribution in [0.4, 0.5) is 10.5 Å². The van der Waals surface area contributed by atoms with Crippen molar-refractivity contribution in [3.63, 3.8) is 0 Å². The molecule has 1 fully saturated rings. The molecule has 0 spiro atoms. The number of hydrogen-bond acceptors (Lipinski definition) is 6. The quantitative estimate of drug-likeness (QED) is 0.317. The molecule has 9 heteroatoms. The van der Waals surface area contributed by atoms with Crippen LogP contribution < -0.4 is 5.32 Å². The van der Waals surface area contributed by atoms with Crippen LogP contribution in [0.15, 0.2) is 53.4 Å². The highest BCUT2D eigenvalue weighted by Gasteiger charge is 2.36. The molecule has 2 heterocycles. The van der Waals surface area contributed by atoms with E-state index in [-0.39, 0.29) is 17.4 Å². The smallest absolute Gasteiger partial charge is 0.338 e. The molecule has 1 aliphatic heterocycles. The summed E-state index contributed by atoms with van der Waals surface area (Å²) in [6.07, 6.45) is 1.68. The second-order valence-corrected chi connectivity index (χ2v) is 10.0. The molecule has 0 saturated carbocycles. The third-order valence-electron chi connectivity index (χ3n) is 6.36. The van der Waals surface area contributed by atoms with Gasteiger partial charge in [0, 0.05) is 22.8 Å². The Hall–Kier alpha value is -4.11. The maximum atomic E-state index is 13.0. The number of aryl methyl sites for hydroxylation is 3. The largest absolute Gasteiger partial charge is 0.462 e. The summed E-state index contributed by atoms with van der Waals surface area (Å²) in [5, 5.41) is 2.27. The molecule has 3 amide bonds. The predicted molar refractivity (Wildman–Crippen MR) is 148 cm³/mol. The molecule has 2 aromatic carbocycles. The summed E-state index contributed by atoms with van der Waals surface area (Å²) in [5.74, 6) is -1.32. The summed E-state index contributed by atoms with van der Waals surface area (Å²) >= 11 is 0.817. The Bertz CT molecular complexity index is 1470. The van der Waals surface area contributed by atoms with E-state index in [9.17, 15) is 19.2 Å². The zero-order valence-electron chi connectivity index (χ0n) is 22.0. The first-order valence-electron chi connectivity index (χ1n) is 12.2. The topological polar surface area (TPSA) is 97.7 Å². The Balaban J connectivity index is 1.50. The molecular weight excluding hydrogens is 502 g/mol. The first-order chi connectivity index (χ1) is 18.1. The highest BCUT2D eigenvalue weighted by atomic mass is 32.2. The molecule has 8 nitrogen and oxygen atoms in total. The summed E-state index contributed by atoms with van der Waals surface area (Å²) in [6.45, 7) is 9.49. The minimum Gasteiger partial charge on any atom is -0.462 e. The fraction of sp³-hybridized carbons (Fsp3) is 0.241. The Morgan fingerprint density at radius 3 is 2.34 bits per heavy atom. The van der Waals surface area contributed by atoms with Crippen LogP contribution >= 0.6 is 11.8 Å². The van der Waals surface area contributed by atoms with Crippen LogP contribution in [-0.4, -0.2) is 45.6 Å². The molecule has 0 radical (unpaired) electrons. The number of nitrogens with one attached hydrogen (secondary N) is 1. The number of benzene rings is 2. The van der Waals surface area contributed by atoms with E-state index in [2.05, 4.69) is 5.32 Å². The predicted octanol–water partition coefficient (Wildman–Crippen LogP) is 5.56. The lowest BCUT2D eigenvalue weighted by Crippen LogP contribution is -2.36. The molecule has 1 aromatic heterocycles. The lowest BCUT2D eigenvalue weighted by molar-refractivity contribution is -0.127. The number of thioether (sulfide) groups is 1. The maximum Gasteiger partial charge on any atom is 0.338 e. The van der Waals surface area contributed by atoms with Crippen molar-refractivity contribution in [2.45, 2.75) is 34.6 Å². The van der Waals surface area contributed by atoms with Crippen molar-refractivity contribution in [3.8, 4) is 5.69 Å². The van der Waals surface area contributed by atoms with E-state index in [4.69, 9.17) is 4.74 Å². The normalized spacial score (nSPS) is 14.3. The molecule has 1 saturated heterocycles. The van der Waals surface area contributed by atoms with Crippen LogP contribution in [0.2, 0.25) is 0 Å². The first kappa shape index (κ1) is 26.9. The Kier molecular flexibility index (Phi) is 7.87. The highest BCUT2D eigenvalue weighted by molar-refractivity contribution is 8.18. The van der Waals surface area contributed by atoms with Gasteiger partial charge in [0.2, 0.25) is 5.91 Å². The SMILES string of the molecule is CCOC(=O)c1ccc(-n2c(C)cc(/C=C3/SC(=O)N(CC(=O)Nc4ccc(C)c(C)c4)C3=O)c2C)cc1. The average molecular weight is 532 g/mol. The Labute approximate surface area is 225 Å². The summed E-state index contributed by atoms with van der Waals surface area (Å²) < 4.78 is 7.05. The average Bonchev–Trinajstić information content (AvgIpc) is 3.30. The van der Waals surface area contributed by atoms with Crippen LogP contribution in [0, 0.1) is 27.7 Å². The summed E-state index contributed by atoms with van der Waals surface area (Å²) in [4.78, 5) is 51.4. The van der Waals surface area contributed by atoms with Gasteiger partial charge in [-0.1, -0.05) is 6.07 Å². The molecule has 196 valence electrons. The number of esters is 1. The van der Waals surface area contributed by atoms with Gasteiger partial charge >= 0.3 is 5.97 Å². The molecular formula is C29H29N3O5S. The summed E-state index contributed by atoms with van der Waals surface area (Å²) in [6, 6.07) is 14.5. The van der Waals surface area contributed by atoms with Crippen molar-refractivity contribution >= 4 is 46.5 Å². The van der Waals surface area contributed by atoms with Crippen molar-refractivity contribution in [2.24, 2.45) is 0 Å². The number of nitrogens with zero attached hydrogens (tertiary/aromatic N) is 2. The lowest BCUT2D eigenvalue weighted by atomic mass is 10.1. The molecule has 0 atom stereocenters. The van der Waals surface area contributed by atoms with Gasteiger partial charge in [-0.3, -0.25) is 19.3 Å². The number of hydrogen-bond donors (Lipinski definition) is 1. The number of carbonyl (C=O) groups is 4. The van der Waals surface area contributed by atoms with Crippen LogP contribution in [-0.2, 0) is 14.3 Å². The highest BCUT2D eigenvalue weighted by Crippen LogP contribution is 2.34. The number of imide groups is 1. The number of rotatable bonds is 7. The van der Waals surface area contributed by atoms with Crippen molar-refractivity contribution in [1.82, 2.24) is 9.47 Å². The third-order valence-corrected chi connectivity index (χ3v) is 7.27. The standard InChI is InChI=1S/C29H29N3O5S/c1-6-37-28(35)21-8-11-24(12-9-21)32-19(4)14-22(20(32)5)15-25-27(34)31(29(36)38-25)16-26(33)30-23-10-7-17(2)18(3)13-23/h7-15H,6,16H2,1-5H3,(H,30,33)/b25-15+. The van der Waals surface area contributed by atoms with Crippen LogP contribution in [0.5, 0.6) is 0 Å². The third kappa shape index (κ3) is 5.57. The molecule has 0 aliphatic carbocycles. The molecule has 0 bridgehead atoms. The van der Waals surface area contributed by atoms with Gasteiger partial charge in [0.15, 0.2) is 0 Å². The zero-order chi connectivity index (χ0) is 27.6. The van der Waals surface area contributed by atoms with Crippen molar-refractivity contribution < 1.29 is 23.9 Å². The van der Waals surface area contributed by atoms with Gasteiger partial charge < -0.3 is 14.6 Å². The fourth-order valence-electron chi connectivity index (χ4n) is 4.23. The first-order valence-corrected chi connectivity index (χ1v) is 13.0. The second kappa shape index (κ2) is 11.1. The molecule has 4 rings (SSSR count). The number of amides is 3. The fourth-order valence-corrected chi connectivity index (χ4v) is 5.06. The van der Waals surface area contributed by atoms with E-state index in [0.29, 0.717) is 17.9 Å². The van der Waals surface area contributed by atoms with Crippen LogP contribution in [0.25, 0.3) is 11.8 Å². The van der Waals surface area contributed by atoms with E-state index in [0.717, 1.165) is 50.4 Å². The van der Waals surface area contributed by atoms with Gasteiger partial charge in [-0.15, -0.1) is 0 Å². The van der Waals surface area contributed by atoms with Crippen LogP contribution in [0.3, 0.4) is 0 Å². The number of carbonyl (C=O) groups excluding carboxylic acids is 4. The van der Waals surface area contributed by atoms with Gasteiger partial charge in [-0.2, -0.15) is 0 Å². The van der Waals surface area contributed by atoms with Gasteiger partial charge in [-0.25, -0.2) is 4.79 Å². The van der Waals surface area contributed by atoms with Gasteiger partial charge in [0.25, 0.3) is 11.1 Å². The minimum atomic E-state index is -0.501. The van der Waals surface area contributed by atoms with E-state index in [1.54, 1.807) is 31.2 Å². The number of ether oxygens (including phenoxy) is 1. The van der Waals surface area contributed by atoms with Gasteiger partial charge in [-0.05, 0) is 112 Å². The van der Waals surface area contributed by atoms with Crippen molar-refractivity contribution in [1.29, 1.82) is 0 Å². The van der Waals surface area contributed by atoms with E-state index < -0.39 is 17.1 Å². The Morgan fingerprint density at radius 1 is 0.974 bits per heavy atom. The summed E-state index contributed by atoms with van der Waals surface area (Å²) in [7, 11) is 0. The maximum absolute atomic E-state index is 13.0. The molecule has 1 N–H and O–H groups in total. The van der Waals surface area contributed by atoms with Gasteiger partial charge in [0.1, 0.15) is 6.54 Å². The lowest BCUT2D eigenvalue weighted by Gasteiger charge is -2.13. The second-order valence-electron chi connectivity index (χ2n) is 9.04. The minimum absolute atomic E-state index is 0.256. The van der Waals surface area contributed by atoms with E-state index in [1.807, 2.05) is 62.6 Å². The number of anilines is 1. The zero-order valence-corrected chi connectivity index (χ0v) is 22.8. The van der Waals surface area contributed by atoms with Crippen molar-refractivity contribution in [3.05, 3.63) is 87.1 Å². The van der Waals surface area contributed by atoms with Gasteiger partial charge in [0.05, 0.1) is 17.1 Å². The molecule has 0 unspecified atom stereocenters.